The lowest BCUT2D eigenvalue weighted by Gasteiger charge is -2.21. The lowest BCUT2D eigenvalue weighted by molar-refractivity contribution is 0.261. The van der Waals surface area contributed by atoms with Gasteiger partial charge in [0, 0.05) is 17.7 Å². The molecule has 90 valence electrons. The molecule has 1 heterocycles. The Bertz CT molecular complexity index is 423. The van der Waals surface area contributed by atoms with Crippen molar-refractivity contribution >= 4 is 5.90 Å². The molecule has 1 unspecified atom stereocenters. The van der Waals surface area contributed by atoms with Crippen LogP contribution in [0.15, 0.2) is 47.1 Å². The van der Waals surface area contributed by atoms with Gasteiger partial charge in [0.15, 0.2) is 0 Å². The third-order valence-corrected chi connectivity index (χ3v) is 2.89. The SMILES string of the molecule is CCC(N)=CC1=NCC(c2ccccc2)CO1. The van der Waals surface area contributed by atoms with Crippen molar-refractivity contribution in [2.24, 2.45) is 10.7 Å². The highest BCUT2D eigenvalue weighted by atomic mass is 16.5. The lowest BCUT2D eigenvalue weighted by atomic mass is 10.00. The molecule has 1 aromatic rings. The van der Waals surface area contributed by atoms with Gasteiger partial charge in [0.05, 0.1) is 13.2 Å². The van der Waals surface area contributed by atoms with Gasteiger partial charge >= 0.3 is 0 Å². The molecule has 0 bridgehead atoms. The van der Waals surface area contributed by atoms with E-state index in [9.17, 15) is 0 Å². The summed E-state index contributed by atoms with van der Waals surface area (Å²) in [5.74, 6) is 1.02. The van der Waals surface area contributed by atoms with Crippen LogP contribution >= 0.6 is 0 Å². The molecule has 0 fully saturated rings. The van der Waals surface area contributed by atoms with Crippen LogP contribution in [0.1, 0.15) is 24.8 Å². The summed E-state index contributed by atoms with van der Waals surface area (Å²) >= 11 is 0. The first-order chi connectivity index (χ1) is 8.29. The lowest BCUT2D eigenvalue weighted by Crippen LogP contribution is -2.21. The number of ether oxygens (including phenoxy) is 1. The van der Waals surface area contributed by atoms with Crippen molar-refractivity contribution < 1.29 is 4.74 Å². The van der Waals surface area contributed by atoms with Gasteiger partial charge in [0.25, 0.3) is 0 Å². The molecular weight excluding hydrogens is 212 g/mol. The van der Waals surface area contributed by atoms with E-state index in [2.05, 4.69) is 17.1 Å². The summed E-state index contributed by atoms with van der Waals surface area (Å²) in [6.07, 6.45) is 2.64. The summed E-state index contributed by atoms with van der Waals surface area (Å²) in [6, 6.07) is 10.3. The largest absolute Gasteiger partial charge is 0.477 e. The maximum atomic E-state index is 5.75. The summed E-state index contributed by atoms with van der Waals surface area (Å²) in [6.45, 7) is 3.46. The molecule has 2 rings (SSSR count). The van der Waals surface area contributed by atoms with Crippen molar-refractivity contribution in [3.8, 4) is 0 Å². The highest BCUT2D eigenvalue weighted by Gasteiger charge is 2.17. The number of hydrogen-bond donors (Lipinski definition) is 1. The summed E-state index contributed by atoms with van der Waals surface area (Å²) in [5.41, 5.74) is 7.84. The number of hydrogen-bond acceptors (Lipinski definition) is 3. The molecule has 0 spiro atoms. The number of allylic oxidation sites excluding steroid dienone is 1. The van der Waals surface area contributed by atoms with Crippen LogP contribution < -0.4 is 5.73 Å². The van der Waals surface area contributed by atoms with Gasteiger partial charge in [0.2, 0.25) is 5.90 Å². The van der Waals surface area contributed by atoms with Gasteiger partial charge in [-0.1, -0.05) is 37.3 Å². The Morgan fingerprint density at radius 2 is 2.24 bits per heavy atom. The molecule has 1 aliphatic rings. The van der Waals surface area contributed by atoms with Gasteiger partial charge < -0.3 is 10.5 Å². The van der Waals surface area contributed by atoms with Gasteiger partial charge in [-0.25, -0.2) is 0 Å². The monoisotopic (exact) mass is 230 g/mol. The van der Waals surface area contributed by atoms with Gasteiger partial charge in [-0.3, -0.25) is 4.99 Å². The maximum absolute atomic E-state index is 5.75. The van der Waals surface area contributed by atoms with E-state index in [-0.39, 0.29) is 0 Å². The van der Waals surface area contributed by atoms with Crippen LogP contribution in [-0.2, 0) is 4.74 Å². The fourth-order valence-corrected chi connectivity index (χ4v) is 1.76. The minimum absolute atomic E-state index is 0.358. The van der Waals surface area contributed by atoms with Crippen LogP contribution in [0.25, 0.3) is 0 Å². The zero-order chi connectivity index (χ0) is 12.1. The van der Waals surface area contributed by atoms with Crippen LogP contribution in [0.4, 0.5) is 0 Å². The smallest absolute Gasteiger partial charge is 0.210 e. The topological polar surface area (TPSA) is 47.6 Å². The summed E-state index contributed by atoms with van der Waals surface area (Å²) in [7, 11) is 0. The Hall–Kier alpha value is -1.77. The Kier molecular flexibility index (Phi) is 3.81. The number of rotatable bonds is 3. The Morgan fingerprint density at radius 3 is 2.82 bits per heavy atom. The Morgan fingerprint density at radius 1 is 1.47 bits per heavy atom. The fourth-order valence-electron chi connectivity index (χ4n) is 1.76. The van der Waals surface area contributed by atoms with E-state index in [1.165, 1.54) is 5.56 Å². The van der Waals surface area contributed by atoms with Gasteiger partial charge in [0.1, 0.15) is 0 Å². The average molecular weight is 230 g/mol. The predicted octanol–water partition coefficient (Wildman–Crippen LogP) is 2.45. The van der Waals surface area contributed by atoms with Crippen LogP contribution in [0.5, 0.6) is 0 Å². The standard InChI is InChI=1S/C14H18N2O/c1-2-13(15)8-14-16-9-12(10-17-14)11-6-4-3-5-7-11/h3-8,12H,2,9-10,15H2,1H3. The molecule has 3 nitrogen and oxygen atoms in total. The van der Waals surface area contributed by atoms with Gasteiger partial charge in [-0.05, 0) is 12.0 Å². The third-order valence-electron chi connectivity index (χ3n) is 2.89. The maximum Gasteiger partial charge on any atom is 0.210 e. The zero-order valence-electron chi connectivity index (χ0n) is 10.1. The fraction of sp³-hybridized carbons (Fsp3) is 0.357. The molecule has 0 amide bonds. The Balaban J connectivity index is 2.02. The van der Waals surface area contributed by atoms with Crippen molar-refractivity contribution in [1.29, 1.82) is 0 Å². The first-order valence-corrected chi connectivity index (χ1v) is 5.98. The van der Waals surface area contributed by atoms with Crippen molar-refractivity contribution in [3.63, 3.8) is 0 Å². The molecule has 2 N–H and O–H groups in total. The summed E-state index contributed by atoms with van der Waals surface area (Å²) in [4.78, 5) is 4.41. The normalized spacial score (nSPS) is 20.6. The molecule has 0 aromatic heterocycles. The summed E-state index contributed by atoms with van der Waals surface area (Å²) in [5, 5.41) is 0. The van der Waals surface area contributed by atoms with Crippen molar-refractivity contribution in [2.45, 2.75) is 19.3 Å². The molecule has 1 aliphatic heterocycles. The van der Waals surface area contributed by atoms with E-state index >= 15 is 0 Å². The van der Waals surface area contributed by atoms with Crippen LogP contribution in [0.2, 0.25) is 0 Å². The van der Waals surface area contributed by atoms with Crippen LogP contribution in [0.3, 0.4) is 0 Å². The molecule has 17 heavy (non-hydrogen) atoms. The average Bonchev–Trinajstić information content (AvgIpc) is 2.40. The zero-order valence-corrected chi connectivity index (χ0v) is 10.1. The number of benzene rings is 1. The third kappa shape index (κ3) is 3.09. The quantitative estimate of drug-likeness (QED) is 0.867. The second-order valence-corrected chi connectivity index (χ2v) is 4.17. The van der Waals surface area contributed by atoms with Crippen molar-refractivity contribution in [3.05, 3.63) is 47.7 Å². The predicted molar refractivity (Wildman–Crippen MR) is 70.0 cm³/mol. The van der Waals surface area contributed by atoms with E-state index in [4.69, 9.17) is 10.5 Å². The van der Waals surface area contributed by atoms with E-state index in [0.717, 1.165) is 18.7 Å². The van der Waals surface area contributed by atoms with Gasteiger partial charge in [-0.15, -0.1) is 0 Å². The molecule has 1 atom stereocenters. The van der Waals surface area contributed by atoms with E-state index in [1.54, 1.807) is 0 Å². The van der Waals surface area contributed by atoms with E-state index in [0.29, 0.717) is 18.4 Å². The molecular formula is C14H18N2O. The minimum atomic E-state index is 0.358. The second kappa shape index (κ2) is 5.53. The first kappa shape index (κ1) is 11.7. The van der Waals surface area contributed by atoms with E-state index in [1.807, 2.05) is 31.2 Å². The molecule has 1 aromatic carbocycles. The number of nitrogens with zero attached hydrogens (tertiary/aromatic N) is 1. The first-order valence-electron chi connectivity index (χ1n) is 5.98. The Labute approximate surface area is 102 Å². The highest BCUT2D eigenvalue weighted by molar-refractivity contribution is 5.88. The molecule has 0 saturated carbocycles. The minimum Gasteiger partial charge on any atom is -0.477 e. The molecule has 0 saturated heterocycles. The second-order valence-electron chi connectivity index (χ2n) is 4.17. The highest BCUT2D eigenvalue weighted by Crippen LogP contribution is 2.19. The van der Waals surface area contributed by atoms with Crippen molar-refractivity contribution in [1.82, 2.24) is 0 Å². The van der Waals surface area contributed by atoms with Crippen LogP contribution in [0, 0.1) is 0 Å². The van der Waals surface area contributed by atoms with E-state index < -0.39 is 0 Å². The summed E-state index contributed by atoms with van der Waals surface area (Å²) < 4.78 is 5.61. The van der Waals surface area contributed by atoms with Gasteiger partial charge in [-0.2, -0.15) is 0 Å². The van der Waals surface area contributed by atoms with Crippen molar-refractivity contribution in [2.75, 3.05) is 13.2 Å². The molecule has 0 aliphatic carbocycles. The van der Waals surface area contributed by atoms with Crippen LogP contribution in [-0.4, -0.2) is 19.0 Å². The molecule has 0 radical (unpaired) electrons. The number of aliphatic imine (C=N–C) groups is 1. The molecule has 3 heteroatoms. The number of nitrogens with two attached hydrogens (primary N) is 1.